The molecule has 0 amide bonds. The van der Waals surface area contributed by atoms with Gasteiger partial charge in [-0.1, -0.05) is 18.5 Å². The Balaban J connectivity index is 2.06. The van der Waals surface area contributed by atoms with Gasteiger partial charge in [-0.05, 0) is 30.7 Å². The Hall–Kier alpha value is -2.66. The molecule has 2 aromatic heterocycles. The topological polar surface area (TPSA) is 102 Å². The Bertz CT molecular complexity index is 1010. The Kier molecular flexibility index (Phi) is 5.57. The number of aromatic amines is 1. The van der Waals surface area contributed by atoms with E-state index in [-0.39, 0.29) is 12.4 Å². The van der Waals surface area contributed by atoms with E-state index in [0.29, 0.717) is 28.4 Å². The third kappa shape index (κ3) is 4.09. The van der Waals surface area contributed by atoms with E-state index in [0.717, 1.165) is 9.25 Å². The molecule has 0 radical (unpaired) electrons. The van der Waals surface area contributed by atoms with Crippen molar-refractivity contribution in [1.29, 1.82) is 0 Å². The zero-order valence-electron chi connectivity index (χ0n) is 14.6. The van der Waals surface area contributed by atoms with E-state index >= 15 is 0 Å². The lowest BCUT2D eigenvalue weighted by molar-refractivity contribution is -0.207. The molecule has 3 rings (SSSR count). The van der Waals surface area contributed by atoms with E-state index in [1.807, 2.05) is 6.92 Å². The molecule has 0 bridgehead atoms. The summed E-state index contributed by atoms with van der Waals surface area (Å²) in [5, 5.41) is 24.4. The number of aryl methyl sites for hydroxylation is 1. The Morgan fingerprint density at radius 3 is 2.46 bits per heavy atom. The number of H-pyrrole nitrogens is 1. The van der Waals surface area contributed by atoms with Crippen molar-refractivity contribution in [2.75, 3.05) is 0 Å². The summed E-state index contributed by atoms with van der Waals surface area (Å²) in [7, 11) is 0. The van der Waals surface area contributed by atoms with Crippen molar-refractivity contribution in [3.8, 4) is 11.4 Å². The summed E-state index contributed by atoms with van der Waals surface area (Å²) in [5.41, 5.74) is 0.641. The van der Waals surface area contributed by atoms with Crippen molar-refractivity contribution in [2.45, 2.75) is 38.7 Å². The lowest BCUT2D eigenvalue weighted by Gasteiger charge is -2.15. The van der Waals surface area contributed by atoms with Gasteiger partial charge >= 0.3 is 11.9 Å². The lowest BCUT2D eigenvalue weighted by Crippen LogP contribution is -2.37. The van der Waals surface area contributed by atoms with Gasteiger partial charge in [0.25, 0.3) is 0 Å². The average Bonchev–Trinajstić information content (AvgIpc) is 3.21. The predicted molar refractivity (Wildman–Crippen MR) is 93.9 cm³/mol. The SMILES string of the molecule is CCc1n[nH]nc1Cn1nc(-c2ccc(Cl)cc2)n(C[C@H](O)C(F)(F)F)c1=O. The maximum Gasteiger partial charge on any atom is 0.416 e. The maximum atomic E-state index is 12.8. The number of halogens is 4. The molecule has 1 atom stereocenters. The molecule has 0 fully saturated rings. The number of hydrogen-bond donors (Lipinski definition) is 2. The van der Waals surface area contributed by atoms with Crippen LogP contribution in [0.3, 0.4) is 0 Å². The lowest BCUT2D eigenvalue weighted by atomic mass is 10.2. The highest BCUT2D eigenvalue weighted by Gasteiger charge is 2.39. The van der Waals surface area contributed by atoms with Gasteiger partial charge < -0.3 is 5.11 Å². The summed E-state index contributed by atoms with van der Waals surface area (Å²) in [4.78, 5) is 12.7. The van der Waals surface area contributed by atoms with E-state index in [2.05, 4.69) is 20.5 Å². The van der Waals surface area contributed by atoms with Crippen LogP contribution in [0.4, 0.5) is 13.2 Å². The minimum atomic E-state index is -4.87. The summed E-state index contributed by atoms with van der Waals surface area (Å²) in [5.74, 6) is -0.0217. The van der Waals surface area contributed by atoms with E-state index in [1.165, 1.54) is 24.3 Å². The molecule has 0 aliphatic heterocycles. The summed E-state index contributed by atoms with van der Waals surface area (Å²) >= 11 is 5.85. The summed E-state index contributed by atoms with van der Waals surface area (Å²) in [6.07, 6.45) is -7.04. The quantitative estimate of drug-likeness (QED) is 0.640. The molecule has 0 saturated heterocycles. The van der Waals surface area contributed by atoms with E-state index in [1.54, 1.807) is 0 Å². The first-order chi connectivity index (χ1) is 13.2. The van der Waals surface area contributed by atoms with Crippen LogP contribution in [0.2, 0.25) is 5.02 Å². The molecular formula is C16H16ClF3N6O2. The number of benzene rings is 1. The molecule has 0 unspecified atom stereocenters. The highest BCUT2D eigenvalue weighted by Crippen LogP contribution is 2.24. The first kappa shape index (κ1) is 20.1. The first-order valence-electron chi connectivity index (χ1n) is 8.27. The molecule has 3 aromatic rings. The molecule has 12 heteroatoms. The molecule has 28 heavy (non-hydrogen) atoms. The fourth-order valence-electron chi connectivity index (χ4n) is 2.62. The van der Waals surface area contributed by atoms with Gasteiger partial charge in [-0.3, -0.25) is 4.57 Å². The molecule has 1 aromatic carbocycles. The van der Waals surface area contributed by atoms with Crippen LogP contribution in [0.5, 0.6) is 0 Å². The van der Waals surface area contributed by atoms with Crippen molar-refractivity contribution >= 4 is 11.6 Å². The zero-order valence-corrected chi connectivity index (χ0v) is 15.4. The number of aliphatic hydroxyl groups is 1. The van der Waals surface area contributed by atoms with Crippen LogP contribution in [0.1, 0.15) is 18.3 Å². The fraction of sp³-hybridized carbons (Fsp3) is 0.375. The molecule has 2 heterocycles. The van der Waals surface area contributed by atoms with Crippen LogP contribution >= 0.6 is 11.6 Å². The first-order valence-corrected chi connectivity index (χ1v) is 8.65. The molecule has 2 N–H and O–H groups in total. The summed E-state index contributed by atoms with van der Waals surface area (Å²) < 4.78 is 40.3. The van der Waals surface area contributed by atoms with Crippen LogP contribution in [-0.2, 0) is 19.5 Å². The van der Waals surface area contributed by atoms with Gasteiger partial charge in [-0.25, -0.2) is 9.48 Å². The second kappa shape index (κ2) is 7.76. The minimum absolute atomic E-state index is 0.0217. The molecule has 0 spiro atoms. The number of alkyl halides is 3. The highest BCUT2D eigenvalue weighted by molar-refractivity contribution is 6.30. The monoisotopic (exact) mass is 416 g/mol. The molecular weight excluding hydrogens is 401 g/mol. The largest absolute Gasteiger partial charge is 0.416 e. The van der Waals surface area contributed by atoms with Crippen LogP contribution in [0, 0.1) is 0 Å². The van der Waals surface area contributed by atoms with E-state index in [4.69, 9.17) is 11.6 Å². The van der Waals surface area contributed by atoms with Gasteiger partial charge in [0.05, 0.1) is 18.8 Å². The number of aromatic nitrogens is 6. The number of hydrogen-bond acceptors (Lipinski definition) is 5. The van der Waals surface area contributed by atoms with Crippen molar-refractivity contribution in [3.05, 3.63) is 51.2 Å². The van der Waals surface area contributed by atoms with E-state index < -0.39 is 24.5 Å². The minimum Gasteiger partial charge on any atom is -0.382 e. The van der Waals surface area contributed by atoms with E-state index in [9.17, 15) is 23.1 Å². The van der Waals surface area contributed by atoms with Crippen molar-refractivity contribution < 1.29 is 18.3 Å². The number of nitrogens with one attached hydrogen (secondary N) is 1. The van der Waals surface area contributed by atoms with Gasteiger partial charge in [0.2, 0.25) is 0 Å². The second-order valence-corrected chi connectivity index (χ2v) is 6.45. The van der Waals surface area contributed by atoms with Gasteiger partial charge in [0.15, 0.2) is 11.9 Å². The molecule has 0 aliphatic carbocycles. The van der Waals surface area contributed by atoms with Gasteiger partial charge in [0.1, 0.15) is 5.69 Å². The standard InChI is InChI=1S/C16H16ClF3N6O2/c1-2-11-12(22-24-21-11)7-26-15(28)25(8-13(27)16(18,19)20)14(23-26)9-3-5-10(17)6-4-9/h3-6,13,27H,2,7-8H2,1H3,(H,21,22,24)/t13-/m0/s1. The van der Waals surface area contributed by atoms with Gasteiger partial charge in [-0.2, -0.15) is 28.6 Å². The molecule has 8 nitrogen and oxygen atoms in total. The molecule has 0 aliphatic rings. The number of nitrogens with zero attached hydrogens (tertiary/aromatic N) is 5. The van der Waals surface area contributed by atoms with Crippen LogP contribution < -0.4 is 5.69 Å². The Morgan fingerprint density at radius 2 is 1.86 bits per heavy atom. The maximum absolute atomic E-state index is 12.8. The van der Waals surface area contributed by atoms with Crippen LogP contribution in [0.25, 0.3) is 11.4 Å². The zero-order chi connectivity index (χ0) is 20.5. The Labute approximate surface area is 161 Å². The highest BCUT2D eigenvalue weighted by atomic mass is 35.5. The third-order valence-electron chi connectivity index (χ3n) is 4.10. The Morgan fingerprint density at radius 1 is 1.21 bits per heavy atom. The predicted octanol–water partition coefficient (Wildman–Crippen LogP) is 2.02. The number of rotatable bonds is 6. The third-order valence-corrected chi connectivity index (χ3v) is 4.35. The van der Waals surface area contributed by atoms with Gasteiger partial charge in [0, 0.05) is 10.6 Å². The summed E-state index contributed by atoms with van der Waals surface area (Å²) in [6, 6.07) is 6.10. The van der Waals surface area contributed by atoms with Gasteiger partial charge in [-0.15, -0.1) is 5.10 Å². The van der Waals surface area contributed by atoms with Crippen molar-refractivity contribution in [1.82, 2.24) is 29.8 Å². The molecule has 150 valence electrons. The van der Waals surface area contributed by atoms with Crippen molar-refractivity contribution in [2.24, 2.45) is 0 Å². The number of aliphatic hydroxyl groups excluding tert-OH is 1. The molecule has 0 saturated carbocycles. The second-order valence-electron chi connectivity index (χ2n) is 6.01. The average molecular weight is 417 g/mol. The normalized spacial score (nSPS) is 13.1. The van der Waals surface area contributed by atoms with Crippen LogP contribution in [0.15, 0.2) is 29.1 Å². The van der Waals surface area contributed by atoms with Crippen LogP contribution in [-0.4, -0.2) is 47.1 Å². The summed E-state index contributed by atoms with van der Waals surface area (Å²) in [6.45, 7) is 0.787. The van der Waals surface area contributed by atoms with Crippen molar-refractivity contribution in [3.63, 3.8) is 0 Å². The fourth-order valence-corrected chi connectivity index (χ4v) is 2.75. The smallest absolute Gasteiger partial charge is 0.382 e.